The summed E-state index contributed by atoms with van der Waals surface area (Å²) in [5, 5.41) is 5.14. The molecule has 0 aliphatic rings. The van der Waals surface area contributed by atoms with Gasteiger partial charge in [0.05, 0.1) is 23.8 Å². The Bertz CT molecular complexity index is 866. The quantitative estimate of drug-likeness (QED) is 0.573. The molecule has 0 saturated carbocycles. The summed E-state index contributed by atoms with van der Waals surface area (Å²) in [5.41, 5.74) is 6.44. The van der Waals surface area contributed by atoms with Crippen molar-refractivity contribution >= 4 is 17.1 Å². The van der Waals surface area contributed by atoms with E-state index in [2.05, 4.69) is 15.5 Å². The van der Waals surface area contributed by atoms with Gasteiger partial charge in [-0.3, -0.25) is 4.79 Å². The number of benzene rings is 2. The molecule has 22 heavy (non-hydrogen) atoms. The molecule has 3 rings (SSSR count). The smallest absolute Gasteiger partial charge is 0.257 e. The minimum Gasteiger partial charge on any atom is -0.321 e. The second kappa shape index (κ2) is 6.26. The first kappa shape index (κ1) is 14.1. The standard InChI is InChI=1S/C18H17N3O/c1-13-6-5-9-15-10-16(18(22)21-17(13)15)12-20-19-11-14-7-3-2-4-8-14/h2-10,12,19H,11H2,1H3,(H,21,22)/b20-12-. The molecule has 2 N–H and O–H groups in total. The highest BCUT2D eigenvalue weighted by Gasteiger charge is 2.02. The lowest BCUT2D eigenvalue weighted by atomic mass is 10.1. The molecular formula is C18H17N3O. The van der Waals surface area contributed by atoms with Crippen molar-refractivity contribution in [2.24, 2.45) is 5.10 Å². The number of H-pyrrole nitrogens is 1. The van der Waals surface area contributed by atoms with Crippen LogP contribution in [0.4, 0.5) is 0 Å². The SMILES string of the molecule is Cc1cccc2cc(/C=N\NCc3ccccc3)c(=O)[nH]c12. The molecule has 0 unspecified atom stereocenters. The topological polar surface area (TPSA) is 57.2 Å². The summed E-state index contributed by atoms with van der Waals surface area (Å²) in [7, 11) is 0. The average molecular weight is 291 g/mol. The molecule has 0 atom stereocenters. The van der Waals surface area contributed by atoms with E-state index in [1.807, 2.05) is 61.5 Å². The third-order valence-corrected chi connectivity index (χ3v) is 3.54. The molecule has 1 aromatic heterocycles. The highest BCUT2D eigenvalue weighted by Crippen LogP contribution is 2.14. The summed E-state index contributed by atoms with van der Waals surface area (Å²) in [5.74, 6) is 0. The van der Waals surface area contributed by atoms with Gasteiger partial charge in [0.1, 0.15) is 0 Å². The Morgan fingerprint density at radius 2 is 1.95 bits per heavy atom. The summed E-state index contributed by atoms with van der Waals surface area (Å²) >= 11 is 0. The van der Waals surface area contributed by atoms with Crippen molar-refractivity contribution in [1.82, 2.24) is 10.4 Å². The number of hydrazone groups is 1. The highest BCUT2D eigenvalue weighted by atomic mass is 16.1. The van der Waals surface area contributed by atoms with Gasteiger partial charge in [-0.25, -0.2) is 0 Å². The normalized spacial score (nSPS) is 11.1. The molecule has 0 fully saturated rings. The molecule has 0 spiro atoms. The van der Waals surface area contributed by atoms with E-state index in [4.69, 9.17) is 0 Å². The Kier molecular flexibility index (Phi) is 4.01. The van der Waals surface area contributed by atoms with E-state index < -0.39 is 0 Å². The third-order valence-electron chi connectivity index (χ3n) is 3.54. The van der Waals surface area contributed by atoms with Crippen molar-refractivity contribution < 1.29 is 0 Å². The third kappa shape index (κ3) is 3.06. The maximum absolute atomic E-state index is 12.1. The van der Waals surface area contributed by atoms with Gasteiger partial charge in [0.15, 0.2) is 0 Å². The second-order valence-corrected chi connectivity index (χ2v) is 5.17. The molecule has 0 amide bonds. The largest absolute Gasteiger partial charge is 0.321 e. The van der Waals surface area contributed by atoms with Gasteiger partial charge in [-0.2, -0.15) is 5.10 Å². The first-order chi connectivity index (χ1) is 10.7. The number of nitrogens with zero attached hydrogens (tertiary/aromatic N) is 1. The van der Waals surface area contributed by atoms with Crippen LogP contribution in [-0.4, -0.2) is 11.2 Å². The summed E-state index contributed by atoms with van der Waals surface area (Å²) in [6.07, 6.45) is 1.56. The lowest BCUT2D eigenvalue weighted by Crippen LogP contribution is -2.14. The molecule has 4 nitrogen and oxygen atoms in total. The Labute approximate surface area is 128 Å². The average Bonchev–Trinajstić information content (AvgIpc) is 2.54. The van der Waals surface area contributed by atoms with E-state index in [-0.39, 0.29) is 5.56 Å². The maximum atomic E-state index is 12.1. The number of aryl methyl sites for hydroxylation is 1. The molecule has 4 heteroatoms. The van der Waals surface area contributed by atoms with E-state index in [1.54, 1.807) is 6.21 Å². The summed E-state index contributed by atoms with van der Waals surface area (Å²) in [6.45, 7) is 2.61. The summed E-state index contributed by atoms with van der Waals surface area (Å²) in [4.78, 5) is 15.0. The number of hydrogen-bond donors (Lipinski definition) is 2. The Hall–Kier alpha value is -2.88. The van der Waals surface area contributed by atoms with Gasteiger partial charge in [-0.05, 0) is 29.5 Å². The number of pyridine rings is 1. The molecule has 0 aliphatic heterocycles. The second-order valence-electron chi connectivity index (χ2n) is 5.17. The number of para-hydroxylation sites is 1. The van der Waals surface area contributed by atoms with Crippen LogP contribution in [0, 0.1) is 6.92 Å². The number of fused-ring (bicyclic) bond motifs is 1. The van der Waals surface area contributed by atoms with Crippen molar-refractivity contribution in [3.8, 4) is 0 Å². The van der Waals surface area contributed by atoms with Crippen molar-refractivity contribution in [1.29, 1.82) is 0 Å². The van der Waals surface area contributed by atoms with Crippen LogP contribution in [-0.2, 0) is 6.54 Å². The van der Waals surface area contributed by atoms with Gasteiger partial charge < -0.3 is 10.4 Å². The fraction of sp³-hybridized carbons (Fsp3) is 0.111. The minimum absolute atomic E-state index is 0.132. The van der Waals surface area contributed by atoms with Gasteiger partial charge in [-0.15, -0.1) is 0 Å². The van der Waals surface area contributed by atoms with Gasteiger partial charge in [-0.1, -0.05) is 48.5 Å². The molecule has 0 radical (unpaired) electrons. The zero-order chi connectivity index (χ0) is 15.4. The molecular weight excluding hydrogens is 274 g/mol. The van der Waals surface area contributed by atoms with E-state index >= 15 is 0 Å². The summed E-state index contributed by atoms with van der Waals surface area (Å²) in [6, 6.07) is 17.8. The van der Waals surface area contributed by atoms with Crippen molar-refractivity contribution in [3.05, 3.63) is 81.6 Å². The van der Waals surface area contributed by atoms with E-state index in [0.29, 0.717) is 12.1 Å². The Morgan fingerprint density at radius 3 is 2.77 bits per heavy atom. The predicted molar refractivity (Wildman–Crippen MR) is 90.2 cm³/mol. The van der Waals surface area contributed by atoms with Crippen LogP contribution < -0.4 is 11.0 Å². The minimum atomic E-state index is -0.132. The molecule has 2 aromatic carbocycles. The van der Waals surface area contributed by atoms with E-state index in [1.165, 1.54) is 0 Å². The monoisotopic (exact) mass is 291 g/mol. The summed E-state index contributed by atoms with van der Waals surface area (Å²) < 4.78 is 0. The molecule has 0 saturated heterocycles. The molecule has 1 heterocycles. The number of aromatic amines is 1. The Balaban J connectivity index is 1.77. The van der Waals surface area contributed by atoms with Gasteiger partial charge in [0, 0.05) is 0 Å². The maximum Gasteiger partial charge on any atom is 0.257 e. The fourth-order valence-corrected chi connectivity index (χ4v) is 2.34. The van der Waals surface area contributed by atoms with Crippen LogP contribution in [0.1, 0.15) is 16.7 Å². The number of rotatable bonds is 4. The fourth-order valence-electron chi connectivity index (χ4n) is 2.34. The molecule has 0 aliphatic carbocycles. The van der Waals surface area contributed by atoms with Crippen LogP contribution in [0.25, 0.3) is 10.9 Å². The van der Waals surface area contributed by atoms with Crippen LogP contribution in [0.3, 0.4) is 0 Å². The van der Waals surface area contributed by atoms with Crippen LogP contribution in [0.15, 0.2) is 64.5 Å². The van der Waals surface area contributed by atoms with Crippen LogP contribution >= 0.6 is 0 Å². The highest BCUT2D eigenvalue weighted by molar-refractivity contribution is 5.88. The van der Waals surface area contributed by atoms with Crippen molar-refractivity contribution in [2.75, 3.05) is 0 Å². The van der Waals surface area contributed by atoms with Gasteiger partial charge in [0.2, 0.25) is 0 Å². The van der Waals surface area contributed by atoms with Crippen molar-refractivity contribution in [3.63, 3.8) is 0 Å². The van der Waals surface area contributed by atoms with E-state index in [0.717, 1.165) is 22.0 Å². The molecule has 110 valence electrons. The lowest BCUT2D eigenvalue weighted by molar-refractivity contribution is 0.748. The predicted octanol–water partition coefficient (Wildman–Crippen LogP) is 2.96. The first-order valence-corrected chi connectivity index (χ1v) is 7.16. The Morgan fingerprint density at radius 1 is 1.14 bits per heavy atom. The number of nitrogens with one attached hydrogen (secondary N) is 2. The van der Waals surface area contributed by atoms with Crippen molar-refractivity contribution in [2.45, 2.75) is 13.5 Å². The zero-order valence-corrected chi connectivity index (χ0v) is 12.3. The van der Waals surface area contributed by atoms with E-state index in [9.17, 15) is 4.79 Å². The number of aromatic nitrogens is 1. The van der Waals surface area contributed by atoms with Gasteiger partial charge >= 0.3 is 0 Å². The molecule has 3 aromatic rings. The molecule has 0 bridgehead atoms. The first-order valence-electron chi connectivity index (χ1n) is 7.16. The van der Waals surface area contributed by atoms with Gasteiger partial charge in [0.25, 0.3) is 5.56 Å². The lowest BCUT2D eigenvalue weighted by Gasteiger charge is -2.03. The van der Waals surface area contributed by atoms with Crippen LogP contribution in [0.5, 0.6) is 0 Å². The zero-order valence-electron chi connectivity index (χ0n) is 12.3. The number of hydrogen-bond acceptors (Lipinski definition) is 3. The van der Waals surface area contributed by atoms with Crippen LogP contribution in [0.2, 0.25) is 0 Å².